The van der Waals surface area contributed by atoms with Gasteiger partial charge in [-0.3, -0.25) is 9.59 Å². The average molecular weight is 261 g/mol. The summed E-state index contributed by atoms with van der Waals surface area (Å²) in [7, 11) is 0. The SMILES string of the molecule is N#CCCNC(=O)Cn1ccc2sccc2c1=O. The minimum atomic E-state index is -0.262. The number of amides is 1. The highest BCUT2D eigenvalue weighted by Crippen LogP contribution is 2.15. The molecule has 5 nitrogen and oxygen atoms in total. The molecule has 0 saturated carbocycles. The first-order valence-corrected chi connectivity index (χ1v) is 6.30. The van der Waals surface area contributed by atoms with E-state index < -0.39 is 0 Å². The zero-order valence-corrected chi connectivity index (χ0v) is 10.4. The average Bonchev–Trinajstić information content (AvgIpc) is 2.82. The number of carbonyl (C=O) groups excluding carboxylic acids is 1. The van der Waals surface area contributed by atoms with E-state index in [0.717, 1.165) is 4.70 Å². The van der Waals surface area contributed by atoms with Gasteiger partial charge >= 0.3 is 0 Å². The fourth-order valence-corrected chi connectivity index (χ4v) is 2.37. The molecule has 2 aromatic heterocycles. The van der Waals surface area contributed by atoms with Gasteiger partial charge in [-0.25, -0.2) is 0 Å². The van der Waals surface area contributed by atoms with Crippen molar-refractivity contribution in [3.8, 4) is 6.07 Å². The maximum atomic E-state index is 12.0. The highest BCUT2D eigenvalue weighted by Gasteiger charge is 2.07. The van der Waals surface area contributed by atoms with Gasteiger partial charge in [0.25, 0.3) is 5.56 Å². The van der Waals surface area contributed by atoms with Gasteiger partial charge in [0.1, 0.15) is 6.54 Å². The molecule has 0 aromatic carbocycles. The van der Waals surface area contributed by atoms with Gasteiger partial charge in [-0.1, -0.05) is 0 Å². The number of nitrogens with zero attached hydrogens (tertiary/aromatic N) is 2. The van der Waals surface area contributed by atoms with Crippen LogP contribution in [0.2, 0.25) is 0 Å². The standard InChI is InChI=1S/C12H11N3O2S/c13-4-1-5-14-11(16)8-15-6-2-10-9(12(15)17)3-7-18-10/h2-3,6-7H,1,5,8H2,(H,14,16). The van der Waals surface area contributed by atoms with Crippen LogP contribution in [-0.2, 0) is 11.3 Å². The van der Waals surface area contributed by atoms with Gasteiger partial charge in [0.15, 0.2) is 0 Å². The summed E-state index contributed by atoms with van der Waals surface area (Å²) >= 11 is 1.50. The maximum Gasteiger partial charge on any atom is 0.259 e. The molecule has 2 rings (SSSR count). The quantitative estimate of drug-likeness (QED) is 0.837. The Labute approximate surface area is 107 Å². The first-order valence-electron chi connectivity index (χ1n) is 5.42. The molecule has 2 heterocycles. The zero-order chi connectivity index (χ0) is 13.0. The summed E-state index contributed by atoms with van der Waals surface area (Å²) in [5.74, 6) is -0.262. The summed E-state index contributed by atoms with van der Waals surface area (Å²) in [6, 6.07) is 5.52. The van der Waals surface area contributed by atoms with Crippen LogP contribution in [0.1, 0.15) is 6.42 Å². The predicted octanol–water partition coefficient (Wildman–Crippen LogP) is 1.09. The van der Waals surface area contributed by atoms with Crippen molar-refractivity contribution in [2.24, 2.45) is 0 Å². The molecule has 0 bridgehead atoms. The lowest BCUT2D eigenvalue weighted by molar-refractivity contribution is -0.121. The van der Waals surface area contributed by atoms with Crippen LogP contribution in [0, 0.1) is 11.3 Å². The van der Waals surface area contributed by atoms with E-state index in [1.165, 1.54) is 15.9 Å². The number of aromatic nitrogens is 1. The van der Waals surface area contributed by atoms with Crippen LogP contribution in [0.5, 0.6) is 0 Å². The monoisotopic (exact) mass is 261 g/mol. The van der Waals surface area contributed by atoms with Crippen LogP contribution in [0.15, 0.2) is 28.5 Å². The number of rotatable bonds is 4. The van der Waals surface area contributed by atoms with E-state index in [2.05, 4.69) is 5.32 Å². The molecule has 6 heteroatoms. The normalized spacial score (nSPS) is 10.2. The van der Waals surface area contributed by atoms with E-state index in [1.807, 2.05) is 17.5 Å². The van der Waals surface area contributed by atoms with Gasteiger partial charge in [-0.15, -0.1) is 11.3 Å². The first-order chi connectivity index (χ1) is 8.72. The zero-order valence-electron chi connectivity index (χ0n) is 9.55. The number of carbonyl (C=O) groups is 1. The van der Waals surface area contributed by atoms with Crippen LogP contribution in [0.25, 0.3) is 10.1 Å². The number of thiophene rings is 1. The van der Waals surface area contributed by atoms with E-state index in [1.54, 1.807) is 12.3 Å². The summed E-state index contributed by atoms with van der Waals surface area (Å²) in [5.41, 5.74) is -0.163. The second-order valence-corrected chi connectivity index (χ2v) is 4.65. The number of nitrogens with one attached hydrogen (secondary N) is 1. The predicted molar refractivity (Wildman–Crippen MR) is 69.3 cm³/mol. The van der Waals surface area contributed by atoms with Crippen molar-refractivity contribution in [3.63, 3.8) is 0 Å². The van der Waals surface area contributed by atoms with E-state index in [4.69, 9.17) is 5.26 Å². The van der Waals surface area contributed by atoms with Crippen LogP contribution in [-0.4, -0.2) is 17.0 Å². The van der Waals surface area contributed by atoms with E-state index in [9.17, 15) is 9.59 Å². The maximum absolute atomic E-state index is 12.0. The lowest BCUT2D eigenvalue weighted by atomic mass is 10.3. The number of hydrogen-bond acceptors (Lipinski definition) is 4. The van der Waals surface area contributed by atoms with Gasteiger partial charge < -0.3 is 9.88 Å². The fraction of sp³-hybridized carbons (Fsp3) is 0.250. The number of hydrogen-bond donors (Lipinski definition) is 1. The van der Waals surface area contributed by atoms with E-state index in [0.29, 0.717) is 11.9 Å². The molecule has 0 spiro atoms. The molecule has 92 valence electrons. The Kier molecular flexibility index (Phi) is 3.75. The molecule has 0 unspecified atom stereocenters. The van der Waals surface area contributed by atoms with Gasteiger partial charge in [0.2, 0.25) is 5.91 Å². The summed E-state index contributed by atoms with van der Waals surface area (Å²) in [5, 5.41) is 13.4. The molecule has 0 aliphatic heterocycles. The van der Waals surface area contributed by atoms with E-state index in [-0.39, 0.29) is 24.4 Å². The molecule has 0 saturated heterocycles. The Hall–Kier alpha value is -2.13. The molecule has 1 N–H and O–H groups in total. The highest BCUT2D eigenvalue weighted by atomic mass is 32.1. The summed E-state index contributed by atoms with van der Waals surface area (Å²) in [6.45, 7) is 0.292. The van der Waals surface area contributed by atoms with Crippen molar-refractivity contribution in [2.45, 2.75) is 13.0 Å². The highest BCUT2D eigenvalue weighted by molar-refractivity contribution is 7.17. The molecule has 18 heavy (non-hydrogen) atoms. The van der Waals surface area contributed by atoms with Gasteiger partial charge in [0, 0.05) is 17.4 Å². The van der Waals surface area contributed by atoms with Crippen molar-refractivity contribution in [1.29, 1.82) is 5.26 Å². The van der Waals surface area contributed by atoms with Crippen LogP contribution in [0.3, 0.4) is 0 Å². The second-order valence-electron chi connectivity index (χ2n) is 3.71. The first kappa shape index (κ1) is 12.3. The molecular formula is C12H11N3O2S. The van der Waals surface area contributed by atoms with Crippen LogP contribution < -0.4 is 10.9 Å². The third-order valence-corrected chi connectivity index (χ3v) is 3.35. The summed E-state index contributed by atoms with van der Waals surface area (Å²) < 4.78 is 2.29. The second kappa shape index (κ2) is 5.47. The lowest BCUT2D eigenvalue weighted by Gasteiger charge is -2.06. The molecule has 0 aliphatic carbocycles. The van der Waals surface area contributed by atoms with Crippen LogP contribution >= 0.6 is 11.3 Å². The number of nitriles is 1. The Morgan fingerprint density at radius 1 is 1.50 bits per heavy atom. The Morgan fingerprint density at radius 3 is 3.11 bits per heavy atom. The Balaban J connectivity index is 2.12. The van der Waals surface area contributed by atoms with Crippen molar-refractivity contribution < 1.29 is 4.79 Å². The molecule has 0 radical (unpaired) electrons. The Morgan fingerprint density at radius 2 is 2.33 bits per heavy atom. The van der Waals surface area contributed by atoms with Crippen molar-refractivity contribution in [2.75, 3.05) is 6.54 Å². The molecule has 1 amide bonds. The van der Waals surface area contributed by atoms with Crippen molar-refractivity contribution in [3.05, 3.63) is 34.1 Å². The molecule has 0 fully saturated rings. The topological polar surface area (TPSA) is 74.9 Å². The third-order valence-electron chi connectivity index (χ3n) is 2.47. The molecular weight excluding hydrogens is 250 g/mol. The van der Waals surface area contributed by atoms with Gasteiger partial charge in [-0.05, 0) is 17.5 Å². The number of pyridine rings is 1. The molecule has 0 aliphatic rings. The summed E-state index contributed by atoms with van der Waals surface area (Å²) in [6.07, 6.45) is 1.88. The summed E-state index contributed by atoms with van der Waals surface area (Å²) in [4.78, 5) is 23.5. The molecule has 0 atom stereocenters. The van der Waals surface area contributed by atoms with E-state index >= 15 is 0 Å². The fourth-order valence-electron chi connectivity index (χ4n) is 1.60. The van der Waals surface area contributed by atoms with Gasteiger partial charge in [0.05, 0.1) is 17.9 Å². The minimum absolute atomic E-state index is 0.0178. The molecule has 2 aromatic rings. The third kappa shape index (κ3) is 2.57. The van der Waals surface area contributed by atoms with Crippen molar-refractivity contribution in [1.82, 2.24) is 9.88 Å². The van der Waals surface area contributed by atoms with Gasteiger partial charge in [-0.2, -0.15) is 5.26 Å². The largest absolute Gasteiger partial charge is 0.354 e. The minimum Gasteiger partial charge on any atom is -0.354 e. The Bertz CT molecular complexity index is 666. The smallest absolute Gasteiger partial charge is 0.259 e. The van der Waals surface area contributed by atoms with Crippen molar-refractivity contribution >= 4 is 27.3 Å². The van der Waals surface area contributed by atoms with Crippen LogP contribution in [0.4, 0.5) is 0 Å². The lowest BCUT2D eigenvalue weighted by Crippen LogP contribution is -2.32. The number of fused-ring (bicyclic) bond motifs is 1.